The molecule has 1 aliphatic rings. The Balaban J connectivity index is 1.99. The van der Waals surface area contributed by atoms with Gasteiger partial charge in [-0.3, -0.25) is 0 Å². The van der Waals surface area contributed by atoms with E-state index in [1.165, 1.54) is 22.2 Å². The molecule has 2 nitrogen and oxygen atoms in total. The smallest absolute Gasteiger partial charge is 0.130 e. The maximum atomic E-state index is 6.19. The molecule has 0 radical (unpaired) electrons. The summed E-state index contributed by atoms with van der Waals surface area (Å²) < 4.78 is 8.58. The molecular weight excluding hydrogens is 246 g/mol. The van der Waals surface area contributed by atoms with Crippen LogP contribution in [0.1, 0.15) is 18.2 Å². The van der Waals surface area contributed by atoms with Crippen molar-refractivity contribution < 1.29 is 4.74 Å². The van der Waals surface area contributed by atoms with E-state index in [1.54, 1.807) is 0 Å². The van der Waals surface area contributed by atoms with Crippen molar-refractivity contribution in [3.8, 4) is 0 Å². The Morgan fingerprint density at radius 2 is 1.75 bits per heavy atom. The van der Waals surface area contributed by atoms with Crippen LogP contribution < -0.4 is 0 Å². The second kappa shape index (κ2) is 4.22. The fourth-order valence-electron chi connectivity index (χ4n) is 3.25. The van der Waals surface area contributed by atoms with Crippen molar-refractivity contribution in [3.05, 3.63) is 71.9 Å². The van der Waals surface area contributed by atoms with E-state index in [0.717, 1.165) is 13.2 Å². The number of rotatable bonds is 1. The quantitative estimate of drug-likeness (QED) is 0.648. The predicted molar refractivity (Wildman–Crippen MR) is 80.8 cm³/mol. The van der Waals surface area contributed by atoms with Gasteiger partial charge in [0.2, 0.25) is 0 Å². The van der Waals surface area contributed by atoms with Crippen LogP contribution in [0.2, 0.25) is 0 Å². The van der Waals surface area contributed by atoms with Gasteiger partial charge in [0.15, 0.2) is 0 Å². The molecular formula is C18H17NO. The number of para-hydroxylation sites is 1. The van der Waals surface area contributed by atoms with Gasteiger partial charge < -0.3 is 9.30 Å². The van der Waals surface area contributed by atoms with E-state index in [0.29, 0.717) is 0 Å². The summed E-state index contributed by atoms with van der Waals surface area (Å²) in [5.41, 5.74) is 3.39. The zero-order valence-corrected chi connectivity index (χ0v) is 11.5. The molecule has 2 heterocycles. The summed E-state index contributed by atoms with van der Waals surface area (Å²) in [6, 6.07) is 21.3. The van der Waals surface area contributed by atoms with Crippen molar-refractivity contribution in [1.29, 1.82) is 0 Å². The summed E-state index contributed by atoms with van der Waals surface area (Å²) in [4.78, 5) is 0. The lowest BCUT2D eigenvalue weighted by Crippen LogP contribution is -2.36. The van der Waals surface area contributed by atoms with Crippen LogP contribution in [0.5, 0.6) is 0 Å². The van der Waals surface area contributed by atoms with Crippen molar-refractivity contribution in [2.75, 3.05) is 6.61 Å². The van der Waals surface area contributed by atoms with Crippen LogP contribution in [-0.2, 0) is 16.9 Å². The summed E-state index contributed by atoms with van der Waals surface area (Å²) in [6.45, 7) is 3.84. The van der Waals surface area contributed by atoms with Crippen LogP contribution in [-0.4, -0.2) is 11.2 Å². The highest BCUT2D eigenvalue weighted by Crippen LogP contribution is 2.39. The lowest BCUT2D eigenvalue weighted by atomic mass is 9.91. The molecule has 0 fully saturated rings. The van der Waals surface area contributed by atoms with Gasteiger partial charge in [-0.25, -0.2) is 0 Å². The first-order valence-electron chi connectivity index (χ1n) is 7.07. The van der Waals surface area contributed by atoms with Crippen molar-refractivity contribution in [2.24, 2.45) is 0 Å². The van der Waals surface area contributed by atoms with Crippen LogP contribution in [0, 0.1) is 0 Å². The average Bonchev–Trinajstić information content (AvgIpc) is 2.89. The van der Waals surface area contributed by atoms with Gasteiger partial charge in [0.05, 0.1) is 12.3 Å². The number of aromatic nitrogens is 1. The molecule has 1 aromatic heterocycles. The van der Waals surface area contributed by atoms with Crippen LogP contribution in [0.4, 0.5) is 0 Å². The van der Waals surface area contributed by atoms with E-state index in [4.69, 9.17) is 4.74 Å². The zero-order valence-electron chi connectivity index (χ0n) is 11.5. The molecule has 2 heteroatoms. The van der Waals surface area contributed by atoms with Crippen molar-refractivity contribution in [2.45, 2.75) is 19.1 Å². The predicted octanol–water partition coefficient (Wildman–Crippen LogP) is 3.94. The number of hydrogen-bond donors (Lipinski definition) is 0. The van der Waals surface area contributed by atoms with Crippen LogP contribution in [0.15, 0.2) is 60.7 Å². The van der Waals surface area contributed by atoms with Gasteiger partial charge in [-0.15, -0.1) is 0 Å². The number of ether oxygens (including phenoxy) is 1. The maximum absolute atomic E-state index is 6.19. The molecule has 2 aromatic carbocycles. The van der Waals surface area contributed by atoms with Gasteiger partial charge >= 0.3 is 0 Å². The van der Waals surface area contributed by atoms with Gasteiger partial charge in [-0.05, 0) is 30.0 Å². The highest BCUT2D eigenvalue weighted by Gasteiger charge is 2.36. The molecule has 0 saturated carbocycles. The van der Waals surface area contributed by atoms with E-state index in [2.05, 4.69) is 66.1 Å². The minimum atomic E-state index is -0.363. The lowest BCUT2D eigenvalue weighted by molar-refractivity contribution is -0.0326. The molecule has 0 amide bonds. The van der Waals surface area contributed by atoms with Crippen molar-refractivity contribution >= 4 is 10.9 Å². The Bertz CT molecular complexity index is 759. The SMILES string of the molecule is C[C@@]1(c2ccccc2)OCCn2c1cc1ccccc12. The molecule has 3 aromatic rings. The topological polar surface area (TPSA) is 14.2 Å². The molecule has 20 heavy (non-hydrogen) atoms. The first kappa shape index (κ1) is 11.7. The van der Waals surface area contributed by atoms with E-state index in [-0.39, 0.29) is 5.60 Å². The summed E-state index contributed by atoms with van der Waals surface area (Å²) in [5, 5.41) is 1.29. The molecule has 0 N–H and O–H groups in total. The molecule has 1 atom stereocenters. The first-order valence-corrected chi connectivity index (χ1v) is 7.07. The zero-order chi connectivity index (χ0) is 13.6. The molecule has 0 unspecified atom stereocenters. The first-order chi connectivity index (χ1) is 9.79. The third-order valence-electron chi connectivity index (χ3n) is 4.33. The minimum absolute atomic E-state index is 0.363. The van der Waals surface area contributed by atoms with Crippen LogP contribution in [0.25, 0.3) is 10.9 Å². The third-order valence-corrected chi connectivity index (χ3v) is 4.33. The third kappa shape index (κ3) is 1.55. The monoisotopic (exact) mass is 263 g/mol. The second-order valence-corrected chi connectivity index (χ2v) is 5.49. The molecule has 0 aliphatic carbocycles. The summed E-state index contributed by atoms with van der Waals surface area (Å²) in [5.74, 6) is 0. The minimum Gasteiger partial charge on any atom is -0.362 e. The van der Waals surface area contributed by atoms with Gasteiger partial charge in [-0.1, -0.05) is 48.5 Å². The van der Waals surface area contributed by atoms with E-state index in [9.17, 15) is 0 Å². The molecule has 0 saturated heterocycles. The molecule has 0 bridgehead atoms. The molecule has 1 aliphatic heterocycles. The summed E-state index contributed by atoms with van der Waals surface area (Å²) in [7, 11) is 0. The normalized spacial score (nSPS) is 21.9. The van der Waals surface area contributed by atoms with Crippen molar-refractivity contribution in [1.82, 2.24) is 4.57 Å². The Kier molecular flexibility index (Phi) is 2.48. The molecule has 100 valence electrons. The number of hydrogen-bond acceptors (Lipinski definition) is 1. The van der Waals surface area contributed by atoms with Gasteiger partial charge in [-0.2, -0.15) is 0 Å². The second-order valence-electron chi connectivity index (χ2n) is 5.49. The number of nitrogens with zero attached hydrogens (tertiary/aromatic N) is 1. The highest BCUT2D eigenvalue weighted by atomic mass is 16.5. The van der Waals surface area contributed by atoms with E-state index < -0.39 is 0 Å². The highest BCUT2D eigenvalue weighted by molar-refractivity contribution is 5.82. The Morgan fingerprint density at radius 1 is 1.00 bits per heavy atom. The van der Waals surface area contributed by atoms with E-state index >= 15 is 0 Å². The Labute approximate surface area is 118 Å². The van der Waals surface area contributed by atoms with Crippen LogP contribution >= 0.6 is 0 Å². The summed E-state index contributed by atoms with van der Waals surface area (Å²) in [6.07, 6.45) is 0. The molecule has 0 spiro atoms. The maximum Gasteiger partial charge on any atom is 0.130 e. The standard InChI is InChI=1S/C18H17NO/c1-18(15-8-3-2-4-9-15)17-13-14-7-5-6-10-16(14)19(17)11-12-20-18/h2-10,13H,11-12H2,1H3/t18-/m0/s1. The summed E-state index contributed by atoms with van der Waals surface area (Å²) >= 11 is 0. The Hall–Kier alpha value is -2.06. The van der Waals surface area contributed by atoms with E-state index in [1.807, 2.05) is 6.07 Å². The number of benzene rings is 2. The fraction of sp³-hybridized carbons (Fsp3) is 0.222. The largest absolute Gasteiger partial charge is 0.362 e. The van der Waals surface area contributed by atoms with Crippen LogP contribution in [0.3, 0.4) is 0 Å². The lowest BCUT2D eigenvalue weighted by Gasteiger charge is -2.36. The van der Waals surface area contributed by atoms with Gasteiger partial charge in [0.1, 0.15) is 5.60 Å². The Morgan fingerprint density at radius 3 is 2.60 bits per heavy atom. The van der Waals surface area contributed by atoms with Gasteiger partial charge in [0, 0.05) is 12.1 Å². The average molecular weight is 263 g/mol. The molecule has 4 rings (SSSR count). The number of fused-ring (bicyclic) bond motifs is 3. The fourth-order valence-corrected chi connectivity index (χ4v) is 3.25. The van der Waals surface area contributed by atoms with Gasteiger partial charge in [0.25, 0.3) is 0 Å². The van der Waals surface area contributed by atoms with Crippen molar-refractivity contribution in [3.63, 3.8) is 0 Å².